The first-order valence-corrected chi connectivity index (χ1v) is 14.8. The molecule has 2 heterocycles. The minimum Gasteiger partial charge on any atom is -0.379 e. The molecule has 1 amide bonds. The summed E-state index contributed by atoms with van der Waals surface area (Å²) in [4.78, 5) is 15.1. The maximum atomic E-state index is 12.7. The molecule has 0 radical (unpaired) electrons. The molecule has 5 fully saturated rings. The van der Waals surface area contributed by atoms with E-state index in [1.165, 1.54) is 62.3 Å². The average Bonchev–Trinajstić information content (AvgIpc) is 3.16. The van der Waals surface area contributed by atoms with Crippen molar-refractivity contribution in [3.63, 3.8) is 0 Å². The molecule has 4 aliphatic carbocycles. The number of hydrogen-bond donors (Lipinski definition) is 1. The molecule has 1 saturated heterocycles. The van der Waals surface area contributed by atoms with Gasteiger partial charge in [-0.2, -0.15) is 0 Å². The third-order valence-electron chi connectivity index (χ3n) is 9.08. The van der Waals surface area contributed by atoms with Gasteiger partial charge < -0.3 is 14.6 Å². The summed E-state index contributed by atoms with van der Waals surface area (Å²) >= 11 is 1.46. The van der Waals surface area contributed by atoms with Crippen LogP contribution in [0.1, 0.15) is 63.3 Å². The largest absolute Gasteiger partial charge is 0.379 e. The molecule has 1 aromatic carbocycles. The number of carbonyl (C=O) groups excluding carboxylic acids is 1. The van der Waals surface area contributed by atoms with Crippen LogP contribution >= 0.6 is 11.8 Å². The second-order valence-electron chi connectivity index (χ2n) is 11.5. The van der Waals surface area contributed by atoms with Crippen molar-refractivity contribution in [1.82, 2.24) is 19.7 Å². The molecule has 8 heteroatoms. The summed E-state index contributed by atoms with van der Waals surface area (Å²) in [6, 6.07) is 8.81. The van der Waals surface area contributed by atoms with Crippen molar-refractivity contribution in [2.75, 3.05) is 37.4 Å². The summed E-state index contributed by atoms with van der Waals surface area (Å²) in [5, 5.41) is 12.7. The molecule has 36 heavy (non-hydrogen) atoms. The van der Waals surface area contributed by atoms with Gasteiger partial charge in [0.25, 0.3) is 0 Å². The number of fused-ring (bicyclic) bond motifs is 1. The summed E-state index contributed by atoms with van der Waals surface area (Å²) in [7, 11) is 0. The van der Waals surface area contributed by atoms with Crippen LogP contribution in [0, 0.1) is 17.8 Å². The van der Waals surface area contributed by atoms with Crippen LogP contribution in [0.15, 0.2) is 29.4 Å². The van der Waals surface area contributed by atoms with E-state index in [4.69, 9.17) is 4.74 Å². The van der Waals surface area contributed by atoms with Gasteiger partial charge in [0.05, 0.1) is 25.5 Å². The number of nitrogens with zero attached hydrogens (tertiary/aromatic N) is 4. The number of hydrogen-bond acceptors (Lipinski definition) is 6. The number of carbonyl (C=O) groups is 1. The maximum Gasteiger partial charge on any atom is 0.234 e. The predicted octanol–water partition coefficient (Wildman–Crippen LogP) is 4.72. The lowest BCUT2D eigenvalue weighted by Gasteiger charge is -2.45. The first-order valence-electron chi connectivity index (χ1n) is 13.9. The van der Waals surface area contributed by atoms with Gasteiger partial charge in [0.1, 0.15) is 5.82 Å². The Labute approximate surface area is 218 Å². The molecule has 4 saturated carbocycles. The summed E-state index contributed by atoms with van der Waals surface area (Å²) in [5.41, 5.74) is 2.76. The molecule has 194 valence electrons. The third kappa shape index (κ3) is 5.09. The van der Waals surface area contributed by atoms with Crippen molar-refractivity contribution in [1.29, 1.82) is 0 Å². The molecular formula is C28H39N5O2S. The van der Waals surface area contributed by atoms with Crippen molar-refractivity contribution >= 4 is 23.4 Å². The number of rotatable bonds is 8. The molecule has 1 aliphatic heterocycles. The molecule has 2 unspecified atom stereocenters. The van der Waals surface area contributed by atoms with Crippen LogP contribution in [0.25, 0.3) is 0 Å². The van der Waals surface area contributed by atoms with Gasteiger partial charge in [-0.15, -0.1) is 10.2 Å². The quantitative estimate of drug-likeness (QED) is 0.519. The number of thioether (sulfide) groups is 1. The van der Waals surface area contributed by atoms with E-state index in [-0.39, 0.29) is 5.91 Å². The van der Waals surface area contributed by atoms with Gasteiger partial charge in [0, 0.05) is 25.3 Å². The van der Waals surface area contributed by atoms with Crippen LogP contribution in [0.2, 0.25) is 0 Å². The fourth-order valence-corrected chi connectivity index (χ4v) is 8.40. The molecule has 7 nitrogen and oxygen atoms in total. The first-order chi connectivity index (χ1) is 17.6. The second kappa shape index (κ2) is 10.5. The highest BCUT2D eigenvalue weighted by Gasteiger charge is 2.48. The molecule has 5 aliphatic rings. The number of amides is 1. The lowest BCUT2D eigenvalue weighted by Crippen LogP contribution is -2.37. The summed E-state index contributed by atoms with van der Waals surface area (Å²) < 4.78 is 7.57. The monoisotopic (exact) mass is 509 g/mol. The lowest BCUT2D eigenvalue weighted by atomic mass is 9.59. The highest BCUT2D eigenvalue weighted by atomic mass is 32.2. The highest BCUT2D eigenvalue weighted by molar-refractivity contribution is 7.99. The van der Waals surface area contributed by atoms with Gasteiger partial charge in [-0.3, -0.25) is 9.69 Å². The van der Waals surface area contributed by atoms with Gasteiger partial charge in [-0.25, -0.2) is 0 Å². The predicted molar refractivity (Wildman–Crippen MR) is 142 cm³/mol. The Balaban J connectivity index is 1.05. The minimum absolute atomic E-state index is 0.000635. The normalized spacial score (nSPS) is 29.9. The van der Waals surface area contributed by atoms with E-state index >= 15 is 0 Å². The molecule has 1 N–H and O–H groups in total. The fraction of sp³-hybridized carbons (Fsp3) is 0.679. The number of aromatic nitrogens is 3. The topological polar surface area (TPSA) is 72.3 Å². The van der Waals surface area contributed by atoms with Crippen LogP contribution in [0.3, 0.4) is 0 Å². The Kier molecular flexibility index (Phi) is 7.10. The zero-order valence-corrected chi connectivity index (χ0v) is 22.3. The minimum atomic E-state index is -0.000635. The number of anilines is 1. The molecule has 2 atom stereocenters. The molecule has 1 aromatic heterocycles. The Morgan fingerprint density at radius 1 is 1.08 bits per heavy atom. The van der Waals surface area contributed by atoms with Gasteiger partial charge in [0.2, 0.25) is 5.91 Å². The number of nitrogens with one attached hydrogen (secondary N) is 1. The summed E-state index contributed by atoms with van der Waals surface area (Å²) in [6.45, 7) is 7.04. The zero-order valence-electron chi connectivity index (χ0n) is 21.5. The van der Waals surface area contributed by atoms with Gasteiger partial charge in [-0.1, -0.05) is 23.9 Å². The Morgan fingerprint density at radius 3 is 2.53 bits per heavy atom. The third-order valence-corrected chi connectivity index (χ3v) is 10.0. The zero-order chi connectivity index (χ0) is 24.5. The number of benzene rings is 1. The first kappa shape index (κ1) is 24.4. The van der Waals surface area contributed by atoms with E-state index in [2.05, 4.69) is 56.2 Å². The van der Waals surface area contributed by atoms with Gasteiger partial charge in [-0.05, 0) is 92.7 Å². The van der Waals surface area contributed by atoms with Crippen molar-refractivity contribution in [2.45, 2.75) is 75.5 Å². The lowest BCUT2D eigenvalue weighted by molar-refractivity contribution is -0.113. The standard InChI is InChI=1S/C28H39N5O2S/c1-2-33-25(18-32-9-11-35-12-10-32)30-31-27(33)36-19-26(34)29-24-5-3-23(4-6-24)28-8-7-20-13-21(16-28)15-22(14-20)17-28/h3-6,20-22H,2,7-19H2,1H3,(H,29,34). The van der Waals surface area contributed by atoms with E-state index in [1.807, 2.05) is 0 Å². The number of ether oxygens (including phenoxy) is 1. The number of morpholine rings is 1. The molecule has 2 aromatic rings. The Bertz CT molecular complexity index is 1050. The van der Waals surface area contributed by atoms with Crippen LogP contribution in [0.5, 0.6) is 0 Å². The Hall–Kier alpha value is -1.90. The van der Waals surface area contributed by atoms with Crippen molar-refractivity contribution in [3.8, 4) is 0 Å². The van der Waals surface area contributed by atoms with E-state index in [0.717, 1.165) is 73.8 Å². The molecule has 7 rings (SSSR count). The van der Waals surface area contributed by atoms with E-state index in [1.54, 1.807) is 0 Å². The molecule has 0 spiro atoms. The van der Waals surface area contributed by atoms with Crippen molar-refractivity contribution in [2.24, 2.45) is 17.8 Å². The van der Waals surface area contributed by atoms with Crippen molar-refractivity contribution < 1.29 is 9.53 Å². The average molecular weight is 510 g/mol. The molecular weight excluding hydrogens is 470 g/mol. The SMILES string of the molecule is CCn1c(CN2CCOCC2)nnc1SCC(=O)Nc1ccc(C23CCC4CC(CC(C4)C2)C3)cc1. The van der Waals surface area contributed by atoms with E-state index in [9.17, 15) is 4.79 Å². The highest BCUT2D eigenvalue weighted by Crippen LogP contribution is 2.57. The van der Waals surface area contributed by atoms with Gasteiger partial charge in [0.15, 0.2) is 5.16 Å². The van der Waals surface area contributed by atoms with Crippen LogP contribution in [0.4, 0.5) is 5.69 Å². The fourth-order valence-electron chi connectivity index (χ4n) is 7.58. The van der Waals surface area contributed by atoms with Crippen molar-refractivity contribution in [3.05, 3.63) is 35.7 Å². The van der Waals surface area contributed by atoms with Crippen LogP contribution < -0.4 is 5.32 Å². The van der Waals surface area contributed by atoms with Crippen LogP contribution in [-0.2, 0) is 28.0 Å². The smallest absolute Gasteiger partial charge is 0.234 e. The van der Waals surface area contributed by atoms with E-state index in [0.29, 0.717) is 11.2 Å². The van der Waals surface area contributed by atoms with Crippen LogP contribution in [-0.4, -0.2) is 57.6 Å². The van der Waals surface area contributed by atoms with Gasteiger partial charge >= 0.3 is 0 Å². The molecule has 4 bridgehead atoms. The maximum absolute atomic E-state index is 12.7. The summed E-state index contributed by atoms with van der Waals surface area (Å²) in [6.07, 6.45) is 9.87. The second-order valence-corrected chi connectivity index (χ2v) is 12.4. The Morgan fingerprint density at radius 2 is 1.81 bits per heavy atom. The van der Waals surface area contributed by atoms with E-state index < -0.39 is 0 Å². The summed E-state index contributed by atoms with van der Waals surface area (Å²) in [5.74, 6) is 4.12.